The average molecular weight is 327 g/mol. The summed E-state index contributed by atoms with van der Waals surface area (Å²) in [5.41, 5.74) is 8.58. The maximum absolute atomic E-state index is 13.0. The maximum atomic E-state index is 13.0. The number of piperidine rings is 1. The van der Waals surface area contributed by atoms with E-state index < -0.39 is 0 Å². The van der Waals surface area contributed by atoms with Crippen LogP contribution in [0.15, 0.2) is 42.5 Å². The van der Waals surface area contributed by atoms with Crippen molar-refractivity contribution >= 4 is 23.0 Å². The number of anilines is 3. The van der Waals surface area contributed by atoms with E-state index in [0.717, 1.165) is 37.5 Å². The van der Waals surface area contributed by atoms with Crippen LogP contribution in [-0.4, -0.2) is 19.0 Å². The van der Waals surface area contributed by atoms with Crippen LogP contribution in [0, 0.1) is 11.7 Å². The number of nitrogens with two attached hydrogens (primary N) is 1. The minimum Gasteiger partial charge on any atom is -0.399 e. The molecule has 3 rings (SSSR count). The van der Waals surface area contributed by atoms with Gasteiger partial charge in [-0.3, -0.25) is 4.79 Å². The number of carbonyl (C=O) groups is 1. The van der Waals surface area contributed by atoms with E-state index in [1.807, 2.05) is 12.1 Å². The molecule has 1 amide bonds. The van der Waals surface area contributed by atoms with Gasteiger partial charge in [0.2, 0.25) is 0 Å². The molecule has 0 radical (unpaired) electrons. The van der Waals surface area contributed by atoms with Crippen molar-refractivity contribution in [2.75, 3.05) is 29.0 Å². The fourth-order valence-corrected chi connectivity index (χ4v) is 2.97. The summed E-state index contributed by atoms with van der Waals surface area (Å²) in [4.78, 5) is 14.7. The molecule has 1 heterocycles. The smallest absolute Gasteiger partial charge is 0.255 e. The van der Waals surface area contributed by atoms with Crippen molar-refractivity contribution in [1.82, 2.24) is 0 Å². The molecule has 5 heteroatoms. The SMILES string of the molecule is CC1CCN(c2ccc(N)cc2NC(=O)c2ccc(F)cc2)CC1. The predicted octanol–water partition coefficient (Wildman–Crippen LogP) is 3.90. The minimum atomic E-state index is -0.362. The first-order valence-electron chi connectivity index (χ1n) is 8.24. The highest BCUT2D eigenvalue weighted by atomic mass is 19.1. The fourth-order valence-electron chi connectivity index (χ4n) is 2.97. The highest BCUT2D eigenvalue weighted by Gasteiger charge is 2.19. The molecule has 0 spiro atoms. The van der Waals surface area contributed by atoms with Gasteiger partial charge in [0.15, 0.2) is 0 Å². The first-order valence-corrected chi connectivity index (χ1v) is 8.24. The van der Waals surface area contributed by atoms with Crippen LogP contribution in [-0.2, 0) is 0 Å². The van der Waals surface area contributed by atoms with Crippen molar-refractivity contribution in [3.63, 3.8) is 0 Å². The summed E-state index contributed by atoms with van der Waals surface area (Å²) < 4.78 is 13.0. The van der Waals surface area contributed by atoms with Gasteiger partial charge in [-0.15, -0.1) is 0 Å². The van der Waals surface area contributed by atoms with Crippen molar-refractivity contribution in [2.45, 2.75) is 19.8 Å². The second-order valence-electron chi connectivity index (χ2n) is 6.41. The number of nitrogens with one attached hydrogen (secondary N) is 1. The third-order valence-corrected chi connectivity index (χ3v) is 4.50. The van der Waals surface area contributed by atoms with Crippen LogP contribution in [0.25, 0.3) is 0 Å². The first-order chi connectivity index (χ1) is 11.5. The number of benzene rings is 2. The Bertz CT molecular complexity index is 722. The minimum absolute atomic E-state index is 0.271. The zero-order valence-electron chi connectivity index (χ0n) is 13.8. The highest BCUT2D eigenvalue weighted by Crippen LogP contribution is 2.31. The summed E-state index contributed by atoms with van der Waals surface area (Å²) in [7, 11) is 0. The van der Waals surface area contributed by atoms with Crippen LogP contribution in [0.3, 0.4) is 0 Å². The van der Waals surface area contributed by atoms with Gasteiger partial charge in [0, 0.05) is 24.3 Å². The molecule has 0 atom stereocenters. The molecule has 1 saturated heterocycles. The molecule has 4 nitrogen and oxygen atoms in total. The largest absolute Gasteiger partial charge is 0.399 e. The lowest BCUT2D eigenvalue weighted by Crippen LogP contribution is -2.33. The molecule has 2 aromatic rings. The van der Waals surface area contributed by atoms with E-state index in [1.54, 1.807) is 6.07 Å². The first kappa shape index (κ1) is 16.3. The van der Waals surface area contributed by atoms with Crippen LogP contribution in [0.5, 0.6) is 0 Å². The van der Waals surface area contributed by atoms with E-state index in [4.69, 9.17) is 5.73 Å². The molecule has 1 aliphatic heterocycles. The standard InChI is InChI=1S/C19H22FN3O/c1-13-8-10-23(11-9-13)18-7-6-16(21)12-17(18)22-19(24)14-2-4-15(20)5-3-14/h2-7,12-13H,8-11,21H2,1H3,(H,22,24). The van der Waals surface area contributed by atoms with Gasteiger partial charge in [0.1, 0.15) is 5.82 Å². The number of rotatable bonds is 3. The van der Waals surface area contributed by atoms with Gasteiger partial charge in [0.05, 0.1) is 11.4 Å². The molecule has 24 heavy (non-hydrogen) atoms. The number of amides is 1. The number of halogens is 1. The molecular formula is C19H22FN3O. The number of nitrogens with zero attached hydrogens (tertiary/aromatic N) is 1. The van der Waals surface area contributed by atoms with E-state index >= 15 is 0 Å². The third-order valence-electron chi connectivity index (χ3n) is 4.50. The Morgan fingerprint density at radius 1 is 1.17 bits per heavy atom. The predicted molar refractivity (Wildman–Crippen MR) is 95.8 cm³/mol. The second-order valence-corrected chi connectivity index (χ2v) is 6.41. The lowest BCUT2D eigenvalue weighted by atomic mass is 9.98. The summed E-state index contributed by atoms with van der Waals surface area (Å²) in [6, 6.07) is 11.1. The molecular weight excluding hydrogens is 305 g/mol. The van der Waals surface area contributed by atoms with Gasteiger partial charge < -0.3 is 16.0 Å². The van der Waals surface area contributed by atoms with E-state index in [1.165, 1.54) is 24.3 Å². The molecule has 3 N–H and O–H groups in total. The average Bonchev–Trinajstić information content (AvgIpc) is 2.57. The van der Waals surface area contributed by atoms with Crippen molar-refractivity contribution in [2.24, 2.45) is 5.92 Å². The lowest BCUT2D eigenvalue weighted by molar-refractivity contribution is 0.102. The zero-order valence-corrected chi connectivity index (χ0v) is 13.8. The Kier molecular flexibility index (Phi) is 4.69. The molecule has 1 fully saturated rings. The summed E-state index contributed by atoms with van der Waals surface area (Å²) in [6.07, 6.45) is 2.27. The number of hydrogen-bond acceptors (Lipinski definition) is 3. The maximum Gasteiger partial charge on any atom is 0.255 e. The number of carbonyl (C=O) groups excluding carboxylic acids is 1. The van der Waals surface area contributed by atoms with Crippen molar-refractivity contribution in [1.29, 1.82) is 0 Å². The number of hydrogen-bond donors (Lipinski definition) is 2. The van der Waals surface area contributed by atoms with Gasteiger partial charge in [0.25, 0.3) is 5.91 Å². The Morgan fingerprint density at radius 3 is 2.50 bits per heavy atom. The van der Waals surface area contributed by atoms with Crippen molar-refractivity contribution in [3.8, 4) is 0 Å². The fraction of sp³-hybridized carbons (Fsp3) is 0.316. The van der Waals surface area contributed by atoms with Crippen molar-refractivity contribution in [3.05, 3.63) is 53.8 Å². The van der Waals surface area contributed by atoms with E-state index in [9.17, 15) is 9.18 Å². The van der Waals surface area contributed by atoms with E-state index in [0.29, 0.717) is 16.9 Å². The molecule has 0 saturated carbocycles. The highest BCUT2D eigenvalue weighted by molar-refractivity contribution is 6.06. The third kappa shape index (κ3) is 3.67. The lowest BCUT2D eigenvalue weighted by Gasteiger charge is -2.33. The van der Waals surface area contributed by atoms with Crippen LogP contribution in [0.4, 0.5) is 21.5 Å². The molecule has 0 aromatic heterocycles. The summed E-state index contributed by atoms with van der Waals surface area (Å²) >= 11 is 0. The molecule has 126 valence electrons. The summed E-state index contributed by atoms with van der Waals surface area (Å²) in [5, 5.41) is 2.91. The Balaban J connectivity index is 1.82. The number of nitrogen functional groups attached to an aromatic ring is 1. The molecule has 2 aromatic carbocycles. The van der Waals surface area contributed by atoms with E-state index in [2.05, 4.69) is 17.1 Å². The molecule has 0 unspecified atom stereocenters. The van der Waals surface area contributed by atoms with Gasteiger partial charge in [-0.2, -0.15) is 0 Å². The second kappa shape index (κ2) is 6.91. The van der Waals surface area contributed by atoms with Crippen LogP contribution >= 0.6 is 0 Å². The molecule has 1 aliphatic rings. The Morgan fingerprint density at radius 2 is 1.83 bits per heavy atom. The van der Waals surface area contributed by atoms with E-state index in [-0.39, 0.29) is 11.7 Å². The molecule has 0 aliphatic carbocycles. The van der Waals surface area contributed by atoms with Gasteiger partial charge in [-0.05, 0) is 61.2 Å². The van der Waals surface area contributed by atoms with Gasteiger partial charge in [-0.25, -0.2) is 4.39 Å². The van der Waals surface area contributed by atoms with Crippen LogP contribution < -0.4 is 16.0 Å². The zero-order chi connectivity index (χ0) is 17.1. The Labute approximate surface area is 141 Å². The topological polar surface area (TPSA) is 58.4 Å². The summed E-state index contributed by atoms with van der Waals surface area (Å²) in [5.74, 6) is 0.0955. The summed E-state index contributed by atoms with van der Waals surface area (Å²) in [6.45, 7) is 4.19. The van der Waals surface area contributed by atoms with Gasteiger partial charge >= 0.3 is 0 Å². The molecule has 0 bridgehead atoms. The van der Waals surface area contributed by atoms with Crippen LogP contribution in [0.1, 0.15) is 30.1 Å². The monoisotopic (exact) mass is 327 g/mol. The quantitative estimate of drug-likeness (QED) is 0.841. The normalized spacial score (nSPS) is 15.3. The Hall–Kier alpha value is -2.56. The van der Waals surface area contributed by atoms with Crippen LogP contribution in [0.2, 0.25) is 0 Å². The van der Waals surface area contributed by atoms with Gasteiger partial charge in [-0.1, -0.05) is 6.92 Å². The van der Waals surface area contributed by atoms with Crippen molar-refractivity contribution < 1.29 is 9.18 Å².